The maximum absolute atomic E-state index is 4.27. The Morgan fingerprint density at radius 1 is 1.05 bits per heavy atom. The highest BCUT2D eigenvalue weighted by Gasteiger charge is 2.20. The first-order valence-corrected chi connectivity index (χ1v) is 7.46. The van der Waals surface area contributed by atoms with Crippen molar-refractivity contribution in [3.63, 3.8) is 0 Å². The zero-order valence-electron chi connectivity index (χ0n) is 12.1. The summed E-state index contributed by atoms with van der Waals surface area (Å²) in [5.41, 5.74) is 1.87. The van der Waals surface area contributed by atoms with Gasteiger partial charge in [0, 0.05) is 24.9 Å². The van der Waals surface area contributed by atoms with Crippen molar-refractivity contribution in [1.82, 2.24) is 24.6 Å². The average molecular weight is 295 g/mol. The molecule has 3 aromatic rings. The Hall–Kier alpha value is -2.70. The van der Waals surface area contributed by atoms with Crippen LogP contribution < -0.4 is 10.6 Å². The van der Waals surface area contributed by atoms with E-state index in [0.717, 1.165) is 35.4 Å². The monoisotopic (exact) mass is 295 g/mol. The molecule has 0 saturated heterocycles. The van der Waals surface area contributed by atoms with Gasteiger partial charge < -0.3 is 10.6 Å². The van der Waals surface area contributed by atoms with Crippen LogP contribution in [0.15, 0.2) is 36.9 Å². The smallest absolute Gasteiger partial charge is 0.155 e. The van der Waals surface area contributed by atoms with Gasteiger partial charge in [0.15, 0.2) is 5.65 Å². The highest BCUT2D eigenvalue weighted by molar-refractivity contribution is 5.47. The molecule has 0 aromatic carbocycles. The van der Waals surface area contributed by atoms with Crippen molar-refractivity contribution in [2.75, 3.05) is 17.2 Å². The topological polar surface area (TPSA) is 80.0 Å². The van der Waals surface area contributed by atoms with Crippen LogP contribution in [0.1, 0.15) is 18.5 Å². The summed E-state index contributed by atoms with van der Waals surface area (Å²) < 4.78 is 1.82. The van der Waals surface area contributed by atoms with Crippen molar-refractivity contribution in [3.05, 3.63) is 42.6 Å². The van der Waals surface area contributed by atoms with Gasteiger partial charge in [0.2, 0.25) is 0 Å². The molecule has 0 amide bonds. The summed E-state index contributed by atoms with van der Waals surface area (Å²) in [4.78, 5) is 12.8. The van der Waals surface area contributed by atoms with Gasteiger partial charge in [-0.2, -0.15) is 5.10 Å². The first kappa shape index (κ1) is 13.0. The highest BCUT2D eigenvalue weighted by atomic mass is 15.3. The van der Waals surface area contributed by atoms with Crippen LogP contribution in [0.2, 0.25) is 0 Å². The van der Waals surface area contributed by atoms with Crippen LogP contribution in [0.3, 0.4) is 0 Å². The number of anilines is 2. The van der Waals surface area contributed by atoms with E-state index in [9.17, 15) is 0 Å². The molecule has 1 aliphatic rings. The molecule has 0 spiro atoms. The summed E-state index contributed by atoms with van der Waals surface area (Å²) in [7, 11) is 0. The molecule has 22 heavy (non-hydrogen) atoms. The van der Waals surface area contributed by atoms with Gasteiger partial charge in [-0.15, -0.1) is 0 Å². The lowest BCUT2D eigenvalue weighted by Crippen LogP contribution is -2.09. The fourth-order valence-electron chi connectivity index (χ4n) is 2.32. The van der Waals surface area contributed by atoms with Gasteiger partial charge in [-0.05, 0) is 24.8 Å². The van der Waals surface area contributed by atoms with Crippen LogP contribution in [-0.2, 0) is 6.54 Å². The third kappa shape index (κ3) is 2.83. The number of hydrogen-bond donors (Lipinski definition) is 2. The molecule has 1 fully saturated rings. The Labute approximate surface area is 127 Å². The lowest BCUT2D eigenvalue weighted by molar-refractivity contribution is 0.850. The van der Waals surface area contributed by atoms with Crippen LogP contribution in [0.4, 0.5) is 11.6 Å². The minimum absolute atomic E-state index is 0.625. The molecule has 0 aliphatic heterocycles. The summed E-state index contributed by atoms with van der Waals surface area (Å²) in [5.74, 6) is 2.48. The molecular formula is C15H17N7. The zero-order chi connectivity index (χ0) is 14.8. The summed E-state index contributed by atoms with van der Waals surface area (Å²) in [6.45, 7) is 1.62. The molecule has 3 aromatic heterocycles. The number of aromatic nitrogens is 5. The van der Waals surface area contributed by atoms with E-state index in [0.29, 0.717) is 6.54 Å². The van der Waals surface area contributed by atoms with E-state index in [4.69, 9.17) is 0 Å². The fraction of sp³-hybridized carbons (Fsp3) is 0.333. The number of hydrogen-bond acceptors (Lipinski definition) is 6. The molecular weight excluding hydrogens is 278 g/mol. The van der Waals surface area contributed by atoms with E-state index in [2.05, 4.69) is 30.7 Å². The number of nitrogens with zero attached hydrogens (tertiary/aromatic N) is 5. The zero-order valence-corrected chi connectivity index (χ0v) is 12.1. The third-order valence-electron chi connectivity index (χ3n) is 3.76. The van der Waals surface area contributed by atoms with Gasteiger partial charge in [-0.25, -0.2) is 19.5 Å². The maximum Gasteiger partial charge on any atom is 0.155 e. The van der Waals surface area contributed by atoms with Crippen molar-refractivity contribution < 1.29 is 0 Å². The average Bonchev–Trinajstić information content (AvgIpc) is 3.26. The lowest BCUT2D eigenvalue weighted by Gasteiger charge is -2.09. The second-order valence-corrected chi connectivity index (χ2v) is 5.50. The number of fused-ring (bicyclic) bond motifs is 1. The van der Waals surface area contributed by atoms with E-state index >= 15 is 0 Å². The molecule has 4 rings (SSSR count). The predicted octanol–water partition coefficient (Wildman–Crippen LogP) is 1.95. The minimum Gasteiger partial charge on any atom is -0.370 e. The standard InChI is InChI=1S/C15H17N7/c1-2-11(1)8-17-13-7-14(20-10-19-13)18-9-12-3-5-16-15-4-6-21-22(12)15/h3-7,10-11H,1-2,8-9H2,(H2,17,18,19,20). The Morgan fingerprint density at radius 3 is 2.77 bits per heavy atom. The maximum atomic E-state index is 4.27. The van der Waals surface area contributed by atoms with Crippen molar-refractivity contribution in [2.45, 2.75) is 19.4 Å². The van der Waals surface area contributed by atoms with Crippen LogP contribution in [0.25, 0.3) is 5.65 Å². The number of rotatable bonds is 6. The molecule has 0 bridgehead atoms. The second kappa shape index (κ2) is 5.59. The quantitative estimate of drug-likeness (QED) is 0.723. The Bertz CT molecular complexity index is 778. The van der Waals surface area contributed by atoms with Gasteiger partial charge in [0.05, 0.1) is 18.4 Å². The first-order chi connectivity index (χ1) is 10.9. The summed E-state index contributed by atoms with van der Waals surface area (Å²) >= 11 is 0. The molecule has 7 nitrogen and oxygen atoms in total. The normalized spacial score (nSPS) is 14.2. The number of nitrogens with one attached hydrogen (secondary N) is 2. The largest absolute Gasteiger partial charge is 0.370 e. The van der Waals surface area contributed by atoms with Crippen molar-refractivity contribution in [3.8, 4) is 0 Å². The Kier molecular flexibility index (Phi) is 3.30. The Balaban J connectivity index is 1.44. The summed E-state index contributed by atoms with van der Waals surface area (Å²) in [6.07, 6.45) is 7.76. The molecule has 3 heterocycles. The third-order valence-corrected chi connectivity index (χ3v) is 3.76. The lowest BCUT2D eigenvalue weighted by atomic mass is 10.4. The summed E-state index contributed by atoms with van der Waals surface area (Å²) in [6, 6.07) is 5.76. The molecule has 1 aliphatic carbocycles. The van der Waals surface area contributed by atoms with Crippen molar-refractivity contribution in [1.29, 1.82) is 0 Å². The minimum atomic E-state index is 0.625. The van der Waals surface area contributed by atoms with E-state index in [1.165, 1.54) is 12.8 Å². The summed E-state index contributed by atoms with van der Waals surface area (Å²) in [5, 5.41) is 10.9. The van der Waals surface area contributed by atoms with Crippen LogP contribution >= 0.6 is 0 Å². The molecule has 112 valence electrons. The van der Waals surface area contributed by atoms with Crippen LogP contribution in [0, 0.1) is 5.92 Å². The molecule has 2 N–H and O–H groups in total. The van der Waals surface area contributed by atoms with Gasteiger partial charge >= 0.3 is 0 Å². The first-order valence-electron chi connectivity index (χ1n) is 7.46. The van der Waals surface area contributed by atoms with Crippen molar-refractivity contribution in [2.24, 2.45) is 5.92 Å². The highest BCUT2D eigenvalue weighted by Crippen LogP contribution is 2.28. The van der Waals surface area contributed by atoms with Gasteiger partial charge in [-0.1, -0.05) is 0 Å². The van der Waals surface area contributed by atoms with Gasteiger partial charge in [0.1, 0.15) is 18.0 Å². The molecule has 0 unspecified atom stereocenters. The van der Waals surface area contributed by atoms with Crippen molar-refractivity contribution >= 4 is 17.3 Å². The molecule has 0 radical (unpaired) electrons. The SMILES string of the molecule is c1nc(NCc2ccnc3ccnn23)cc(NCC2CC2)n1. The molecule has 1 saturated carbocycles. The molecule has 0 atom stereocenters. The Morgan fingerprint density at radius 2 is 1.91 bits per heavy atom. The van der Waals surface area contributed by atoms with Crippen LogP contribution in [-0.4, -0.2) is 31.1 Å². The second-order valence-electron chi connectivity index (χ2n) is 5.50. The van der Waals surface area contributed by atoms with Gasteiger partial charge in [0.25, 0.3) is 0 Å². The molecule has 7 heteroatoms. The fourth-order valence-corrected chi connectivity index (χ4v) is 2.32. The van der Waals surface area contributed by atoms with Crippen LogP contribution in [0.5, 0.6) is 0 Å². The van der Waals surface area contributed by atoms with Gasteiger partial charge in [-0.3, -0.25) is 0 Å². The van der Waals surface area contributed by atoms with E-state index in [1.807, 2.05) is 22.7 Å². The van der Waals surface area contributed by atoms with E-state index in [1.54, 1.807) is 18.7 Å². The predicted molar refractivity (Wildman–Crippen MR) is 83.6 cm³/mol. The van der Waals surface area contributed by atoms with E-state index < -0.39 is 0 Å². The van der Waals surface area contributed by atoms with E-state index in [-0.39, 0.29) is 0 Å².